The van der Waals surface area contributed by atoms with E-state index >= 15 is 0 Å². The quantitative estimate of drug-likeness (QED) is 0.658. The maximum absolute atomic E-state index is 14.5. The molecule has 0 fully saturated rings. The van der Waals surface area contributed by atoms with Gasteiger partial charge < -0.3 is 9.47 Å². The van der Waals surface area contributed by atoms with Gasteiger partial charge in [-0.2, -0.15) is 13.2 Å². The van der Waals surface area contributed by atoms with E-state index in [2.05, 4.69) is 15.9 Å². The van der Waals surface area contributed by atoms with Crippen LogP contribution in [-0.4, -0.2) is 22.3 Å². The molecule has 0 N–H and O–H groups in total. The molecule has 2 aromatic rings. The molecule has 1 aromatic carbocycles. The van der Waals surface area contributed by atoms with E-state index in [4.69, 9.17) is 9.47 Å². The second-order valence-electron chi connectivity index (χ2n) is 5.09. The summed E-state index contributed by atoms with van der Waals surface area (Å²) in [6, 6.07) is 1.16. The molecule has 2 heterocycles. The van der Waals surface area contributed by atoms with E-state index in [1.54, 1.807) is 0 Å². The lowest BCUT2D eigenvalue weighted by Gasteiger charge is -2.23. The Morgan fingerprint density at radius 1 is 1.12 bits per heavy atom. The highest BCUT2D eigenvalue weighted by Crippen LogP contribution is 2.43. The van der Waals surface area contributed by atoms with Crippen LogP contribution in [0.1, 0.15) is 5.69 Å². The van der Waals surface area contributed by atoms with Crippen LogP contribution in [-0.2, 0) is 13.2 Å². The van der Waals surface area contributed by atoms with Crippen LogP contribution in [0.4, 0.5) is 17.6 Å². The summed E-state index contributed by atoms with van der Waals surface area (Å²) in [6.07, 6.45) is -4.91. The Morgan fingerprint density at radius 2 is 1.72 bits per heavy atom. The largest absolute Gasteiger partial charge is 0.485 e. The van der Waals surface area contributed by atoms with Gasteiger partial charge in [0.15, 0.2) is 17.3 Å². The average molecular weight is 425 g/mol. The summed E-state index contributed by atoms with van der Waals surface area (Å²) in [6.45, 7) is 0.169. The van der Waals surface area contributed by atoms with Crippen LogP contribution in [0.5, 0.6) is 11.5 Å². The lowest BCUT2D eigenvalue weighted by Crippen LogP contribution is -2.41. The van der Waals surface area contributed by atoms with E-state index < -0.39 is 34.6 Å². The van der Waals surface area contributed by atoms with Gasteiger partial charge in [-0.15, -0.1) is 0 Å². The molecule has 0 saturated heterocycles. The lowest BCUT2D eigenvalue weighted by molar-refractivity contribution is -0.144. The van der Waals surface area contributed by atoms with Gasteiger partial charge in [0.25, 0.3) is 5.56 Å². The van der Waals surface area contributed by atoms with Crippen molar-refractivity contribution in [2.75, 3.05) is 13.2 Å². The van der Waals surface area contributed by atoms with Gasteiger partial charge in [-0.25, -0.2) is 13.8 Å². The molecular weight excluding hydrogens is 416 g/mol. The normalized spacial score (nSPS) is 13.8. The van der Waals surface area contributed by atoms with Crippen molar-refractivity contribution in [3.05, 3.63) is 49.0 Å². The molecule has 0 bridgehead atoms. The third-order valence-corrected chi connectivity index (χ3v) is 4.12. The number of nitrogens with zero attached hydrogens (tertiary/aromatic N) is 2. The SMILES string of the molecule is Cn1c(C(F)(F)F)cc(=O)n(-c2c(F)cc(Br)c3c2OCCO3)c1=O. The first-order valence-electron chi connectivity index (χ1n) is 6.81. The van der Waals surface area contributed by atoms with Crippen molar-refractivity contribution in [2.45, 2.75) is 6.18 Å². The third kappa shape index (κ3) is 2.81. The molecule has 0 radical (unpaired) electrons. The van der Waals surface area contributed by atoms with Gasteiger partial charge in [-0.1, -0.05) is 0 Å². The smallest absolute Gasteiger partial charge is 0.431 e. The van der Waals surface area contributed by atoms with E-state index in [0.29, 0.717) is 0 Å². The predicted octanol–water partition coefficient (Wildman–Crippen LogP) is 2.23. The number of aromatic nitrogens is 2. The second kappa shape index (κ2) is 5.90. The van der Waals surface area contributed by atoms with E-state index in [-0.39, 0.29) is 44.4 Å². The van der Waals surface area contributed by atoms with Crippen LogP contribution in [0.25, 0.3) is 5.69 Å². The van der Waals surface area contributed by atoms with Crippen molar-refractivity contribution in [3.8, 4) is 17.2 Å². The van der Waals surface area contributed by atoms with Crippen LogP contribution in [0.2, 0.25) is 0 Å². The minimum Gasteiger partial charge on any atom is -0.485 e. The Kier molecular flexibility index (Phi) is 4.13. The fourth-order valence-electron chi connectivity index (χ4n) is 2.44. The summed E-state index contributed by atoms with van der Waals surface area (Å²) >= 11 is 3.06. The molecule has 3 rings (SSSR count). The van der Waals surface area contributed by atoms with Crippen LogP contribution >= 0.6 is 15.9 Å². The summed E-state index contributed by atoms with van der Waals surface area (Å²) < 4.78 is 64.5. The zero-order valence-electron chi connectivity index (χ0n) is 12.5. The number of hydrogen-bond donors (Lipinski definition) is 0. The zero-order chi connectivity index (χ0) is 18.5. The fraction of sp³-hybridized carbons (Fsp3) is 0.286. The standard InChI is InChI=1S/C14H9BrF4N2O4/c1-20-8(14(17,18)19)5-9(22)21(13(20)23)10-7(16)4-6(15)11-12(10)25-3-2-24-11/h4-5H,2-3H2,1H3. The average Bonchev–Trinajstić information content (AvgIpc) is 2.53. The first kappa shape index (κ1) is 17.5. The lowest BCUT2D eigenvalue weighted by atomic mass is 10.2. The molecule has 0 spiro atoms. The first-order chi connectivity index (χ1) is 11.6. The summed E-state index contributed by atoms with van der Waals surface area (Å²) in [4.78, 5) is 24.5. The number of benzene rings is 1. The van der Waals surface area contributed by atoms with Crippen molar-refractivity contribution in [1.82, 2.24) is 9.13 Å². The number of fused-ring (bicyclic) bond motifs is 1. The minimum absolute atomic E-state index is 0.0194. The van der Waals surface area contributed by atoms with Gasteiger partial charge in [0, 0.05) is 13.1 Å². The van der Waals surface area contributed by atoms with Crippen LogP contribution in [0.3, 0.4) is 0 Å². The third-order valence-electron chi connectivity index (χ3n) is 3.53. The highest BCUT2D eigenvalue weighted by Gasteiger charge is 2.36. The molecule has 1 aliphatic rings. The number of ether oxygens (including phenoxy) is 2. The Hall–Kier alpha value is -2.30. The fourth-order valence-corrected chi connectivity index (χ4v) is 2.93. The van der Waals surface area contributed by atoms with Crippen LogP contribution in [0.15, 0.2) is 26.2 Å². The monoisotopic (exact) mass is 424 g/mol. The van der Waals surface area contributed by atoms with E-state index in [1.165, 1.54) is 0 Å². The van der Waals surface area contributed by atoms with Crippen molar-refractivity contribution in [3.63, 3.8) is 0 Å². The van der Waals surface area contributed by atoms with Gasteiger partial charge in [-0.05, 0) is 22.0 Å². The molecule has 6 nitrogen and oxygen atoms in total. The van der Waals surface area contributed by atoms with E-state index in [0.717, 1.165) is 13.1 Å². The molecule has 0 amide bonds. The van der Waals surface area contributed by atoms with Crippen molar-refractivity contribution >= 4 is 15.9 Å². The summed E-state index contributed by atoms with van der Waals surface area (Å²) in [5, 5.41) is 0. The van der Waals surface area contributed by atoms with Gasteiger partial charge in [-0.3, -0.25) is 9.36 Å². The molecule has 11 heteroatoms. The minimum atomic E-state index is -4.91. The van der Waals surface area contributed by atoms with Crippen molar-refractivity contribution in [1.29, 1.82) is 0 Å². The van der Waals surface area contributed by atoms with Gasteiger partial charge in [0.2, 0.25) is 0 Å². The summed E-state index contributed by atoms with van der Waals surface area (Å²) in [5.74, 6) is -1.22. The molecule has 25 heavy (non-hydrogen) atoms. The molecule has 0 unspecified atom stereocenters. The highest BCUT2D eigenvalue weighted by molar-refractivity contribution is 9.10. The van der Waals surface area contributed by atoms with Crippen LogP contribution < -0.4 is 20.7 Å². The number of alkyl halides is 3. The van der Waals surface area contributed by atoms with Gasteiger partial charge in [0.1, 0.15) is 24.6 Å². The number of hydrogen-bond acceptors (Lipinski definition) is 4. The first-order valence-corrected chi connectivity index (χ1v) is 7.60. The molecule has 0 aliphatic carbocycles. The topological polar surface area (TPSA) is 62.5 Å². The Balaban J connectivity index is 2.38. The van der Waals surface area contributed by atoms with Crippen molar-refractivity contribution in [2.24, 2.45) is 7.05 Å². The summed E-state index contributed by atoms with van der Waals surface area (Å²) in [5.41, 5.74) is -4.75. The zero-order valence-corrected chi connectivity index (χ0v) is 14.1. The maximum Gasteiger partial charge on any atom is 0.431 e. The molecule has 1 aliphatic heterocycles. The molecule has 1 aromatic heterocycles. The summed E-state index contributed by atoms with van der Waals surface area (Å²) in [7, 11) is 0.835. The Labute approximate surface area is 145 Å². The van der Waals surface area contributed by atoms with Gasteiger partial charge >= 0.3 is 11.9 Å². The molecule has 0 saturated carbocycles. The Morgan fingerprint density at radius 3 is 2.32 bits per heavy atom. The maximum atomic E-state index is 14.5. The predicted molar refractivity (Wildman–Crippen MR) is 80.9 cm³/mol. The molecule has 134 valence electrons. The van der Waals surface area contributed by atoms with Crippen molar-refractivity contribution < 1.29 is 27.0 Å². The van der Waals surface area contributed by atoms with Crippen LogP contribution in [0, 0.1) is 5.82 Å². The molecule has 0 atom stereocenters. The Bertz CT molecular complexity index is 981. The number of rotatable bonds is 1. The number of halogens is 5. The van der Waals surface area contributed by atoms with E-state index in [1.807, 2.05) is 0 Å². The molecular formula is C14H9BrF4N2O4. The second-order valence-corrected chi connectivity index (χ2v) is 5.94. The van der Waals surface area contributed by atoms with Gasteiger partial charge in [0.05, 0.1) is 4.47 Å². The highest BCUT2D eigenvalue weighted by atomic mass is 79.9. The van der Waals surface area contributed by atoms with E-state index in [9.17, 15) is 27.2 Å².